The van der Waals surface area contributed by atoms with Crippen molar-refractivity contribution in [2.45, 2.75) is 54.1 Å². The van der Waals surface area contributed by atoms with Gasteiger partial charge in [-0.25, -0.2) is 9.98 Å². The minimum atomic E-state index is 0.671. The summed E-state index contributed by atoms with van der Waals surface area (Å²) in [5, 5.41) is 12.3. The van der Waals surface area contributed by atoms with E-state index >= 15 is 0 Å². The number of nitrogens with zero attached hydrogens (tertiary/aromatic N) is 4. The molecule has 0 saturated heterocycles. The summed E-state index contributed by atoms with van der Waals surface area (Å²) in [6.45, 7) is 13.6. The van der Waals surface area contributed by atoms with Gasteiger partial charge in [0.25, 0.3) is 0 Å². The topological polar surface area (TPSA) is 67.1 Å². The van der Waals surface area contributed by atoms with Gasteiger partial charge >= 0.3 is 0 Å². The molecule has 0 unspecified atom stereocenters. The minimum Gasteiger partial charge on any atom is -0.357 e. The van der Waals surface area contributed by atoms with E-state index in [9.17, 15) is 0 Å². The molecule has 2 rings (SSSR count). The van der Waals surface area contributed by atoms with Crippen molar-refractivity contribution in [2.75, 3.05) is 13.1 Å². The van der Waals surface area contributed by atoms with E-state index in [0.717, 1.165) is 48.4 Å². The fraction of sp³-hybridized carbons (Fsp3) is 0.588. The van der Waals surface area contributed by atoms with Crippen LogP contribution in [0.2, 0.25) is 0 Å². The monoisotopic (exact) mass is 348 g/mol. The van der Waals surface area contributed by atoms with Crippen molar-refractivity contribution in [1.82, 2.24) is 25.4 Å². The van der Waals surface area contributed by atoms with E-state index in [0.29, 0.717) is 6.54 Å². The van der Waals surface area contributed by atoms with E-state index in [-0.39, 0.29) is 0 Å². The predicted octanol–water partition coefficient (Wildman–Crippen LogP) is 2.72. The Morgan fingerprint density at radius 2 is 2.04 bits per heavy atom. The zero-order chi connectivity index (χ0) is 17.5. The lowest BCUT2D eigenvalue weighted by Crippen LogP contribution is -2.38. The van der Waals surface area contributed by atoms with Crippen LogP contribution in [-0.2, 0) is 13.1 Å². The van der Waals surface area contributed by atoms with Gasteiger partial charge in [-0.3, -0.25) is 4.68 Å². The zero-order valence-electron chi connectivity index (χ0n) is 15.3. The summed E-state index contributed by atoms with van der Waals surface area (Å²) in [6, 6.07) is 2.11. The Labute approximate surface area is 148 Å². The maximum Gasteiger partial charge on any atom is 0.191 e. The molecular formula is C17H28N6S. The van der Waals surface area contributed by atoms with Crippen LogP contribution in [0.4, 0.5) is 0 Å². The van der Waals surface area contributed by atoms with Crippen LogP contribution >= 0.6 is 11.3 Å². The Kier molecular flexibility index (Phi) is 6.78. The molecule has 6 nitrogen and oxygen atoms in total. The van der Waals surface area contributed by atoms with E-state index in [1.807, 2.05) is 20.8 Å². The second kappa shape index (κ2) is 8.82. The van der Waals surface area contributed by atoms with Gasteiger partial charge in [0.1, 0.15) is 0 Å². The average molecular weight is 349 g/mol. The molecule has 132 valence electrons. The average Bonchev–Trinajstić information content (AvgIpc) is 3.01. The number of hydrogen-bond acceptors (Lipinski definition) is 4. The smallest absolute Gasteiger partial charge is 0.191 e. The molecule has 0 atom stereocenters. The molecule has 2 N–H and O–H groups in total. The zero-order valence-corrected chi connectivity index (χ0v) is 16.1. The van der Waals surface area contributed by atoms with E-state index < -0.39 is 0 Å². The maximum absolute atomic E-state index is 4.67. The van der Waals surface area contributed by atoms with Gasteiger partial charge in [0.15, 0.2) is 5.96 Å². The summed E-state index contributed by atoms with van der Waals surface area (Å²) in [6.07, 6.45) is 1.01. The van der Waals surface area contributed by atoms with Gasteiger partial charge in [-0.2, -0.15) is 5.10 Å². The molecule has 0 radical (unpaired) electrons. The SMILES string of the molecule is CCNC(=NCc1sc(C)nc1C)NCCCn1nc(C)cc1C. The van der Waals surface area contributed by atoms with Gasteiger partial charge in [-0.1, -0.05) is 0 Å². The second-order valence-electron chi connectivity index (χ2n) is 5.87. The van der Waals surface area contributed by atoms with Crippen LogP contribution < -0.4 is 10.6 Å². The summed E-state index contributed by atoms with van der Waals surface area (Å²) >= 11 is 1.72. The standard InChI is InChI=1S/C17H28N6S/c1-6-18-17(20-11-16-14(4)21-15(5)24-16)19-8-7-9-23-13(3)10-12(2)22-23/h10H,6-9,11H2,1-5H3,(H2,18,19,20). The van der Waals surface area contributed by atoms with Crippen LogP contribution in [0.3, 0.4) is 0 Å². The molecule has 0 aliphatic heterocycles. The molecular weight excluding hydrogens is 320 g/mol. The molecule has 0 saturated carbocycles. The highest BCUT2D eigenvalue weighted by Gasteiger charge is 2.05. The first-order valence-corrected chi connectivity index (χ1v) is 9.27. The molecule has 0 amide bonds. The number of thiazole rings is 1. The Hall–Kier alpha value is -1.89. The van der Waals surface area contributed by atoms with Crippen molar-refractivity contribution in [2.24, 2.45) is 4.99 Å². The van der Waals surface area contributed by atoms with Crippen molar-refractivity contribution < 1.29 is 0 Å². The van der Waals surface area contributed by atoms with Crippen molar-refractivity contribution in [3.05, 3.63) is 33.0 Å². The van der Waals surface area contributed by atoms with Gasteiger partial charge in [0.2, 0.25) is 0 Å². The summed E-state index contributed by atoms with van der Waals surface area (Å²) in [5.41, 5.74) is 3.37. The van der Waals surface area contributed by atoms with Crippen LogP contribution in [0.1, 0.15) is 40.3 Å². The molecule has 2 heterocycles. The number of nitrogens with one attached hydrogen (secondary N) is 2. The summed E-state index contributed by atoms with van der Waals surface area (Å²) in [4.78, 5) is 10.3. The first-order chi connectivity index (χ1) is 11.5. The van der Waals surface area contributed by atoms with Crippen LogP contribution in [0.15, 0.2) is 11.1 Å². The minimum absolute atomic E-state index is 0.671. The highest BCUT2D eigenvalue weighted by molar-refractivity contribution is 7.11. The quantitative estimate of drug-likeness (QED) is 0.459. The number of aromatic nitrogens is 3. The van der Waals surface area contributed by atoms with Crippen LogP contribution in [-0.4, -0.2) is 33.8 Å². The van der Waals surface area contributed by atoms with Gasteiger partial charge < -0.3 is 10.6 Å². The lowest BCUT2D eigenvalue weighted by molar-refractivity contribution is 0.555. The predicted molar refractivity (Wildman–Crippen MR) is 101 cm³/mol. The molecule has 0 aromatic carbocycles. The molecule has 2 aromatic heterocycles. The molecule has 0 bridgehead atoms. The molecule has 0 aliphatic carbocycles. The molecule has 2 aromatic rings. The highest BCUT2D eigenvalue weighted by Crippen LogP contribution is 2.17. The fourth-order valence-corrected chi connectivity index (χ4v) is 3.41. The largest absolute Gasteiger partial charge is 0.357 e. The first-order valence-electron chi connectivity index (χ1n) is 8.45. The van der Waals surface area contributed by atoms with E-state index in [1.165, 1.54) is 10.6 Å². The van der Waals surface area contributed by atoms with E-state index in [4.69, 9.17) is 0 Å². The summed E-state index contributed by atoms with van der Waals surface area (Å²) < 4.78 is 2.06. The van der Waals surface area contributed by atoms with Crippen molar-refractivity contribution in [3.63, 3.8) is 0 Å². The Morgan fingerprint density at radius 1 is 1.25 bits per heavy atom. The molecule has 0 fully saturated rings. The number of aryl methyl sites for hydroxylation is 5. The number of aliphatic imine (C=N–C) groups is 1. The Morgan fingerprint density at radius 3 is 2.62 bits per heavy atom. The fourth-order valence-electron chi connectivity index (χ4n) is 2.55. The van der Waals surface area contributed by atoms with E-state index in [2.05, 4.69) is 50.3 Å². The van der Waals surface area contributed by atoms with E-state index in [1.54, 1.807) is 11.3 Å². The molecule has 0 spiro atoms. The van der Waals surface area contributed by atoms with Crippen LogP contribution in [0, 0.1) is 27.7 Å². The van der Waals surface area contributed by atoms with Crippen molar-refractivity contribution in [3.8, 4) is 0 Å². The third kappa shape index (κ3) is 5.33. The lowest BCUT2D eigenvalue weighted by atomic mass is 10.4. The first kappa shape index (κ1) is 18.4. The second-order valence-corrected chi connectivity index (χ2v) is 7.15. The number of guanidine groups is 1. The summed E-state index contributed by atoms with van der Waals surface area (Å²) in [5.74, 6) is 0.858. The van der Waals surface area contributed by atoms with Crippen LogP contribution in [0.5, 0.6) is 0 Å². The Balaban J connectivity index is 1.83. The van der Waals surface area contributed by atoms with Gasteiger partial charge in [-0.05, 0) is 47.1 Å². The molecule has 0 aliphatic rings. The third-order valence-electron chi connectivity index (χ3n) is 3.67. The molecule has 24 heavy (non-hydrogen) atoms. The third-order valence-corrected chi connectivity index (χ3v) is 4.72. The Bertz CT molecular complexity index is 685. The lowest BCUT2D eigenvalue weighted by Gasteiger charge is -2.11. The number of rotatable bonds is 7. The highest BCUT2D eigenvalue weighted by atomic mass is 32.1. The molecule has 7 heteroatoms. The van der Waals surface area contributed by atoms with Gasteiger partial charge in [0, 0.05) is 30.2 Å². The maximum atomic E-state index is 4.67. The van der Waals surface area contributed by atoms with Crippen molar-refractivity contribution >= 4 is 17.3 Å². The van der Waals surface area contributed by atoms with Gasteiger partial charge in [-0.15, -0.1) is 11.3 Å². The summed E-state index contributed by atoms with van der Waals surface area (Å²) in [7, 11) is 0. The van der Waals surface area contributed by atoms with Gasteiger partial charge in [0.05, 0.1) is 22.9 Å². The van der Waals surface area contributed by atoms with Crippen molar-refractivity contribution in [1.29, 1.82) is 0 Å². The van der Waals surface area contributed by atoms with Crippen LogP contribution in [0.25, 0.3) is 0 Å². The normalized spacial score (nSPS) is 11.8. The number of hydrogen-bond donors (Lipinski definition) is 2.